The van der Waals surface area contributed by atoms with E-state index in [0.717, 1.165) is 0 Å². The third-order valence-electron chi connectivity index (χ3n) is 3.84. The topological polar surface area (TPSA) is 79.4 Å². The Kier molecular flexibility index (Phi) is 5.15. The highest BCUT2D eigenvalue weighted by Gasteiger charge is 2.41. The van der Waals surface area contributed by atoms with E-state index in [-0.39, 0.29) is 5.78 Å². The van der Waals surface area contributed by atoms with Crippen LogP contribution < -0.4 is 5.73 Å². The first-order chi connectivity index (χ1) is 9.64. The molecular formula is C13H20ClN3O3. The fourth-order valence-electron chi connectivity index (χ4n) is 2.47. The summed E-state index contributed by atoms with van der Waals surface area (Å²) in [5.41, 5.74) is 5.71. The van der Waals surface area contributed by atoms with Gasteiger partial charge in [-0.05, 0) is 12.8 Å². The van der Waals surface area contributed by atoms with Crippen LogP contribution in [0.2, 0.25) is 5.02 Å². The van der Waals surface area contributed by atoms with E-state index in [1.54, 1.807) is 11.8 Å². The molecule has 1 aromatic heterocycles. The number of ketones is 1. The standard InChI is InChI=1S/C13H20ClN3O3/c1-19-7-4-17-11(10(14)8-16-17)12(18)13(9-15)2-5-20-6-3-13/h8H,2-7,9,15H2,1H3. The third kappa shape index (κ3) is 2.88. The summed E-state index contributed by atoms with van der Waals surface area (Å²) in [5.74, 6) is -0.0399. The fraction of sp³-hybridized carbons (Fsp3) is 0.692. The number of halogens is 1. The molecule has 0 radical (unpaired) electrons. The number of methoxy groups -OCH3 is 1. The number of hydrogen-bond acceptors (Lipinski definition) is 5. The van der Waals surface area contributed by atoms with Gasteiger partial charge in [0.25, 0.3) is 0 Å². The van der Waals surface area contributed by atoms with Gasteiger partial charge in [-0.1, -0.05) is 11.6 Å². The smallest absolute Gasteiger partial charge is 0.189 e. The molecule has 0 amide bonds. The van der Waals surface area contributed by atoms with E-state index in [0.29, 0.717) is 56.5 Å². The maximum Gasteiger partial charge on any atom is 0.189 e. The number of ether oxygens (including phenoxy) is 2. The van der Waals surface area contributed by atoms with Crippen LogP contribution in [0.25, 0.3) is 0 Å². The number of hydrogen-bond donors (Lipinski definition) is 1. The quantitative estimate of drug-likeness (QED) is 0.797. The molecule has 1 saturated heterocycles. The molecule has 0 bridgehead atoms. The number of aromatic nitrogens is 2. The molecule has 7 heteroatoms. The minimum Gasteiger partial charge on any atom is -0.383 e. The van der Waals surface area contributed by atoms with Crippen LogP contribution in [0.5, 0.6) is 0 Å². The summed E-state index contributed by atoms with van der Waals surface area (Å²) in [5, 5.41) is 4.51. The lowest BCUT2D eigenvalue weighted by Gasteiger charge is -2.34. The Labute approximate surface area is 123 Å². The van der Waals surface area contributed by atoms with Gasteiger partial charge in [0.2, 0.25) is 0 Å². The summed E-state index contributed by atoms with van der Waals surface area (Å²) in [6.07, 6.45) is 2.73. The molecule has 1 aromatic rings. The number of carbonyl (C=O) groups is 1. The zero-order valence-corrected chi connectivity index (χ0v) is 12.4. The highest BCUT2D eigenvalue weighted by molar-refractivity contribution is 6.33. The van der Waals surface area contributed by atoms with Crippen molar-refractivity contribution in [3.05, 3.63) is 16.9 Å². The van der Waals surface area contributed by atoms with Crippen LogP contribution in [-0.4, -0.2) is 49.0 Å². The Bertz CT molecular complexity index is 469. The molecule has 2 heterocycles. The fourth-order valence-corrected chi connectivity index (χ4v) is 2.70. The predicted molar refractivity (Wildman–Crippen MR) is 75.0 cm³/mol. The second-order valence-electron chi connectivity index (χ2n) is 4.98. The highest BCUT2D eigenvalue weighted by Crippen LogP contribution is 2.35. The van der Waals surface area contributed by atoms with Gasteiger partial charge in [0.15, 0.2) is 5.78 Å². The molecule has 0 aromatic carbocycles. The molecule has 1 aliphatic rings. The van der Waals surface area contributed by atoms with Gasteiger partial charge in [0, 0.05) is 26.9 Å². The van der Waals surface area contributed by atoms with Crippen LogP contribution in [0.15, 0.2) is 6.20 Å². The Morgan fingerprint density at radius 2 is 2.30 bits per heavy atom. The Morgan fingerprint density at radius 1 is 1.60 bits per heavy atom. The van der Waals surface area contributed by atoms with Crippen molar-refractivity contribution in [2.75, 3.05) is 33.5 Å². The van der Waals surface area contributed by atoms with E-state index in [4.69, 9.17) is 26.8 Å². The zero-order chi connectivity index (χ0) is 14.6. The van der Waals surface area contributed by atoms with Gasteiger partial charge in [-0.25, -0.2) is 0 Å². The second kappa shape index (κ2) is 6.67. The van der Waals surface area contributed by atoms with Crippen molar-refractivity contribution >= 4 is 17.4 Å². The molecule has 20 heavy (non-hydrogen) atoms. The molecule has 1 aliphatic heterocycles. The molecular weight excluding hydrogens is 282 g/mol. The van der Waals surface area contributed by atoms with Gasteiger partial charge in [-0.15, -0.1) is 0 Å². The highest BCUT2D eigenvalue weighted by atomic mass is 35.5. The first kappa shape index (κ1) is 15.4. The minimum absolute atomic E-state index is 0.0399. The largest absolute Gasteiger partial charge is 0.383 e. The van der Waals surface area contributed by atoms with E-state index >= 15 is 0 Å². The zero-order valence-electron chi connectivity index (χ0n) is 11.6. The summed E-state index contributed by atoms with van der Waals surface area (Å²) >= 11 is 6.14. The van der Waals surface area contributed by atoms with Crippen molar-refractivity contribution in [1.29, 1.82) is 0 Å². The monoisotopic (exact) mass is 301 g/mol. The minimum atomic E-state index is -0.591. The summed E-state index contributed by atoms with van der Waals surface area (Å²) in [6, 6.07) is 0. The third-order valence-corrected chi connectivity index (χ3v) is 4.12. The SMILES string of the molecule is COCCn1ncc(Cl)c1C(=O)C1(CN)CCOCC1. The molecule has 0 saturated carbocycles. The number of rotatable bonds is 6. The number of nitrogens with two attached hydrogens (primary N) is 1. The van der Waals surface area contributed by atoms with Crippen LogP contribution in [-0.2, 0) is 16.0 Å². The Balaban J connectivity index is 2.29. The normalized spacial score (nSPS) is 18.1. The molecule has 0 unspecified atom stereocenters. The van der Waals surface area contributed by atoms with Gasteiger partial charge >= 0.3 is 0 Å². The first-order valence-electron chi connectivity index (χ1n) is 6.67. The Morgan fingerprint density at radius 3 is 2.90 bits per heavy atom. The first-order valence-corrected chi connectivity index (χ1v) is 7.05. The maximum atomic E-state index is 12.9. The maximum absolute atomic E-state index is 12.9. The van der Waals surface area contributed by atoms with E-state index < -0.39 is 5.41 Å². The molecule has 0 atom stereocenters. The Hall–Kier alpha value is -0.950. The number of carbonyl (C=O) groups excluding carboxylic acids is 1. The summed E-state index contributed by atoms with van der Waals surface area (Å²) in [6.45, 7) is 2.35. The summed E-state index contributed by atoms with van der Waals surface area (Å²) < 4.78 is 12.0. The van der Waals surface area contributed by atoms with Gasteiger partial charge in [-0.3, -0.25) is 9.48 Å². The van der Waals surface area contributed by atoms with E-state index in [2.05, 4.69) is 5.10 Å². The van der Waals surface area contributed by atoms with Crippen molar-refractivity contribution in [3.63, 3.8) is 0 Å². The molecule has 0 spiro atoms. The van der Waals surface area contributed by atoms with Gasteiger partial charge in [0.1, 0.15) is 5.69 Å². The van der Waals surface area contributed by atoms with Gasteiger partial charge in [0.05, 0.1) is 29.8 Å². The van der Waals surface area contributed by atoms with Crippen molar-refractivity contribution < 1.29 is 14.3 Å². The molecule has 0 aliphatic carbocycles. The molecule has 1 fully saturated rings. The molecule has 6 nitrogen and oxygen atoms in total. The van der Waals surface area contributed by atoms with E-state index in [9.17, 15) is 4.79 Å². The van der Waals surface area contributed by atoms with Crippen molar-refractivity contribution in [3.8, 4) is 0 Å². The average molecular weight is 302 g/mol. The van der Waals surface area contributed by atoms with Crippen LogP contribution in [0, 0.1) is 5.41 Å². The molecule has 112 valence electrons. The average Bonchev–Trinajstić information content (AvgIpc) is 2.85. The van der Waals surface area contributed by atoms with Gasteiger partial charge < -0.3 is 15.2 Å². The lowest BCUT2D eigenvalue weighted by Crippen LogP contribution is -2.44. The van der Waals surface area contributed by atoms with E-state index in [1.165, 1.54) is 6.20 Å². The van der Waals surface area contributed by atoms with Gasteiger partial charge in [-0.2, -0.15) is 5.10 Å². The predicted octanol–water partition coefficient (Wildman–Crippen LogP) is 1.12. The summed E-state index contributed by atoms with van der Waals surface area (Å²) in [4.78, 5) is 12.9. The number of nitrogens with zero attached hydrogens (tertiary/aromatic N) is 2. The van der Waals surface area contributed by atoms with Crippen molar-refractivity contribution in [2.24, 2.45) is 11.1 Å². The van der Waals surface area contributed by atoms with Crippen molar-refractivity contribution in [1.82, 2.24) is 9.78 Å². The van der Waals surface area contributed by atoms with Crippen LogP contribution in [0.4, 0.5) is 0 Å². The van der Waals surface area contributed by atoms with Crippen LogP contribution in [0.3, 0.4) is 0 Å². The second-order valence-corrected chi connectivity index (χ2v) is 5.39. The van der Waals surface area contributed by atoms with Crippen LogP contribution in [0.1, 0.15) is 23.3 Å². The number of Topliss-reactive ketones (excluding diaryl/α,β-unsaturated/α-hetero) is 1. The lowest BCUT2D eigenvalue weighted by atomic mass is 9.75. The molecule has 2 N–H and O–H groups in total. The van der Waals surface area contributed by atoms with Crippen molar-refractivity contribution in [2.45, 2.75) is 19.4 Å². The van der Waals surface area contributed by atoms with Crippen LogP contribution >= 0.6 is 11.6 Å². The summed E-state index contributed by atoms with van der Waals surface area (Å²) in [7, 11) is 1.60. The molecule has 2 rings (SSSR count). The van der Waals surface area contributed by atoms with E-state index in [1.807, 2.05) is 0 Å². The lowest BCUT2D eigenvalue weighted by molar-refractivity contribution is 0.0193.